The van der Waals surface area contributed by atoms with Crippen LogP contribution in [0.15, 0.2) is 24.3 Å². The number of carbonyl (C=O) groups excluding carboxylic acids is 1. The Morgan fingerprint density at radius 3 is 2.50 bits per heavy atom. The van der Waals surface area contributed by atoms with E-state index in [0.717, 1.165) is 19.3 Å². The Morgan fingerprint density at radius 1 is 1.12 bits per heavy atom. The molecule has 0 N–H and O–H groups in total. The van der Waals surface area contributed by atoms with E-state index in [1.54, 1.807) is 0 Å². The topological polar surface area (TPSA) is 57.7 Å². The van der Waals surface area contributed by atoms with Crippen molar-refractivity contribution in [3.8, 4) is 0 Å². The van der Waals surface area contributed by atoms with Crippen molar-refractivity contribution in [3.63, 3.8) is 0 Å². The Bertz CT molecular complexity index is 705. The molecule has 2 saturated heterocycles. The van der Waals surface area contributed by atoms with Gasteiger partial charge in [0.25, 0.3) is 0 Å². The first-order chi connectivity index (χ1) is 11.4. The van der Waals surface area contributed by atoms with Crippen molar-refractivity contribution < 1.29 is 13.2 Å². The van der Waals surface area contributed by atoms with Gasteiger partial charge in [0, 0.05) is 30.6 Å². The molecule has 0 bridgehead atoms. The molecular formula is C17H23ClN2O3S. The van der Waals surface area contributed by atoms with Crippen LogP contribution < -0.4 is 0 Å². The number of rotatable bonds is 3. The number of nitrogens with zero attached hydrogens (tertiary/aromatic N) is 2. The maximum Gasteiger partial charge on any atom is 0.241 e. The van der Waals surface area contributed by atoms with Gasteiger partial charge in [0.1, 0.15) is 6.04 Å². The predicted octanol–water partition coefficient (Wildman–Crippen LogP) is 2.47. The van der Waals surface area contributed by atoms with E-state index in [1.165, 1.54) is 16.1 Å². The van der Waals surface area contributed by atoms with Crippen molar-refractivity contribution in [2.45, 2.75) is 37.6 Å². The summed E-state index contributed by atoms with van der Waals surface area (Å²) in [6.07, 6.45) is 4.44. The number of hydrogen-bond acceptors (Lipinski definition) is 3. The second-order valence-corrected chi connectivity index (χ2v) is 9.08. The van der Waals surface area contributed by atoms with Crippen LogP contribution in [0.3, 0.4) is 0 Å². The molecule has 0 aliphatic carbocycles. The summed E-state index contributed by atoms with van der Waals surface area (Å²) in [4.78, 5) is 14.7. The number of benzene rings is 1. The zero-order valence-corrected chi connectivity index (χ0v) is 15.4. The predicted molar refractivity (Wildman–Crippen MR) is 94.6 cm³/mol. The van der Waals surface area contributed by atoms with E-state index in [9.17, 15) is 13.2 Å². The van der Waals surface area contributed by atoms with Gasteiger partial charge in [-0.15, -0.1) is 0 Å². The van der Waals surface area contributed by atoms with Crippen molar-refractivity contribution in [2.24, 2.45) is 0 Å². The van der Waals surface area contributed by atoms with Crippen molar-refractivity contribution in [2.75, 3.05) is 25.9 Å². The number of sulfonamides is 1. The SMILES string of the molecule is CS(=O)(=O)N1CCCCC1C(=O)N1CCC(c2ccc(Cl)cc2)C1. The molecular weight excluding hydrogens is 348 g/mol. The molecule has 0 aromatic heterocycles. The molecule has 1 amide bonds. The summed E-state index contributed by atoms with van der Waals surface area (Å²) in [5.41, 5.74) is 1.18. The normalized spacial score (nSPS) is 25.8. The molecule has 24 heavy (non-hydrogen) atoms. The summed E-state index contributed by atoms with van der Waals surface area (Å²) >= 11 is 5.93. The highest BCUT2D eigenvalue weighted by Gasteiger charge is 2.38. The smallest absolute Gasteiger partial charge is 0.241 e. The summed E-state index contributed by atoms with van der Waals surface area (Å²) in [6, 6.07) is 7.22. The molecule has 2 unspecified atom stereocenters. The zero-order chi connectivity index (χ0) is 17.3. The summed E-state index contributed by atoms with van der Waals surface area (Å²) < 4.78 is 25.3. The average molecular weight is 371 g/mol. The molecule has 2 fully saturated rings. The zero-order valence-electron chi connectivity index (χ0n) is 13.8. The second kappa shape index (κ2) is 7.02. The lowest BCUT2D eigenvalue weighted by Gasteiger charge is -2.35. The van der Waals surface area contributed by atoms with Crippen molar-refractivity contribution >= 4 is 27.5 Å². The number of amides is 1. The third-order valence-electron chi connectivity index (χ3n) is 5.01. The fraction of sp³-hybridized carbons (Fsp3) is 0.588. The third-order valence-corrected chi connectivity index (χ3v) is 6.55. The first-order valence-corrected chi connectivity index (χ1v) is 10.6. The molecule has 1 aromatic rings. The number of carbonyl (C=O) groups is 1. The van der Waals surface area contributed by atoms with Crippen LogP contribution in [0.1, 0.15) is 37.2 Å². The second-order valence-electron chi connectivity index (χ2n) is 6.71. The molecule has 0 saturated carbocycles. The summed E-state index contributed by atoms with van der Waals surface area (Å²) in [7, 11) is -3.35. The lowest BCUT2D eigenvalue weighted by Crippen LogP contribution is -2.52. The summed E-state index contributed by atoms with van der Waals surface area (Å²) in [5, 5.41) is 0.704. The molecule has 132 valence electrons. The van der Waals surface area contributed by atoms with Crippen LogP contribution in [0.2, 0.25) is 5.02 Å². The van der Waals surface area contributed by atoms with Gasteiger partial charge < -0.3 is 4.90 Å². The fourth-order valence-corrected chi connectivity index (χ4v) is 4.97. The van der Waals surface area contributed by atoms with Crippen LogP contribution in [0.4, 0.5) is 0 Å². The minimum atomic E-state index is -3.35. The quantitative estimate of drug-likeness (QED) is 0.821. The Kier molecular flexibility index (Phi) is 5.18. The molecule has 2 atom stereocenters. The monoisotopic (exact) mass is 370 g/mol. The minimum Gasteiger partial charge on any atom is -0.341 e. The maximum atomic E-state index is 12.9. The number of hydrogen-bond donors (Lipinski definition) is 0. The minimum absolute atomic E-state index is 0.0448. The highest BCUT2D eigenvalue weighted by Crippen LogP contribution is 2.30. The van der Waals surface area contributed by atoms with E-state index in [1.807, 2.05) is 29.2 Å². The van der Waals surface area contributed by atoms with E-state index >= 15 is 0 Å². The summed E-state index contributed by atoms with van der Waals surface area (Å²) in [6.45, 7) is 1.78. The van der Waals surface area contributed by atoms with Gasteiger partial charge in [-0.3, -0.25) is 4.79 Å². The van der Waals surface area contributed by atoms with Crippen molar-refractivity contribution in [1.29, 1.82) is 0 Å². The molecule has 3 rings (SSSR count). The average Bonchev–Trinajstić information content (AvgIpc) is 3.04. The molecule has 5 nitrogen and oxygen atoms in total. The molecule has 2 aliphatic rings. The van der Waals surface area contributed by atoms with Crippen LogP contribution in [0, 0.1) is 0 Å². The highest BCUT2D eigenvalue weighted by molar-refractivity contribution is 7.88. The number of likely N-dealkylation sites (tertiary alicyclic amines) is 1. The van der Waals surface area contributed by atoms with E-state index in [-0.39, 0.29) is 5.91 Å². The highest BCUT2D eigenvalue weighted by atomic mass is 35.5. The van der Waals surface area contributed by atoms with Gasteiger partial charge in [-0.25, -0.2) is 8.42 Å². The van der Waals surface area contributed by atoms with Gasteiger partial charge in [-0.05, 0) is 37.0 Å². The first-order valence-electron chi connectivity index (χ1n) is 8.37. The van der Waals surface area contributed by atoms with Gasteiger partial charge in [0.05, 0.1) is 6.26 Å². The Labute approximate surface area is 148 Å². The number of piperidine rings is 1. The standard InChI is InChI=1S/C17H23ClN2O3S/c1-24(22,23)20-10-3-2-4-16(20)17(21)19-11-9-14(12-19)13-5-7-15(18)8-6-13/h5-8,14,16H,2-4,9-12H2,1H3. The lowest BCUT2D eigenvalue weighted by molar-refractivity contribution is -0.135. The first kappa shape index (κ1) is 17.7. The lowest BCUT2D eigenvalue weighted by atomic mass is 9.98. The van der Waals surface area contributed by atoms with Gasteiger partial charge in [-0.2, -0.15) is 4.31 Å². The molecule has 7 heteroatoms. The molecule has 1 aromatic carbocycles. The Hall–Kier alpha value is -1.11. The molecule has 0 spiro atoms. The third kappa shape index (κ3) is 3.76. The van der Waals surface area contributed by atoms with Crippen LogP contribution in [0.5, 0.6) is 0 Å². The van der Waals surface area contributed by atoms with Crippen LogP contribution >= 0.6 is 11.6 Å². The Morgan fingerprint density at radius 2 is 1.83 bits per heavy atom. The van der Waals surface area contributed by atoms with Gasteiger partial charge in [0.15, 0.2) is 0 Å². The van der Waals surface area contributed by atoms with Crippen LogP contribution in [0.25, 0.3) is 0 Å². The maximum absolute atomic E-state index is 12.9. The molecule has 0 radical (unpaired) electrons. The van der Waals surface area contributed by atoms with E-state index < -0.39 is 16.1 Å². The molecule has 2 heterocycles. The van der Waals surface area contributed by atoms with Crippen LogP contribution in [-0.2, 0) is 14.8 Å². The largest absolute Gasteiger partial charge is 0.341 e. The van der Waals surface area contributed by atoms with E-state index in [4.69, 9.17) is 11.6 Å². The number of halogens is 1. The van der Waals surface area contributed by atoms with Crippen molar-refractivity contribution in [3.05, 3.63) is 34.9 Å². The van der Waals surface area contributed by atoms with Gasteiger partial charge >= 0.3 is 0 Å². The fourth-order valence-electron chi connectivity index (χ4n) is 3.73. The molecule has 2 aliphatic heterocycles. The Balaban J connectivity index is 1.70. The van der Waals surface area contributed by atoms with E-state index in [0.29, 0.717) is 37.0 Å². The van der Waals surface area contributed by atoms with Crippen molar-refractivity contribution in [1.82, 2.24) is 9.21 Å². The van der Waals surface area contributed by atoms with Gasteiger partial charge in [0.2, 0.25) is 15.9 Å². The summed E-state index contributed by atoms with van der Waals surface area (Å²) in [5.74, 6) is 0.248. The van der Waals surface area contributed by atoms with Crippen LogP contribution in [-0.4, -0.2) is 55.5 Å². The van der Waals surface area contributed by atoms with Gasteiger partial charge in [-0.1, -0.05) is 30.2 Å². The van der Waals surface area contributed by atoms with E-state index in [2.05, 4.69) is 0 Å².